The van der Waals surface area contributed by atoms with E-state index in [1.807, 2.05) is 13.0 Å². The Morgan fingerprint density at radius 3 is 2.76 bits per heavy atom. The van der Waals surface area contributed by atoms with Crippen molar-refractivity contribution >= 4 is 5.78 Å². The van der Waals surface area contributed by atoms with Crippen LogP contribution in [0, 0.1) is 0 Å². The van der Waals surface area contributed by atoms with Crippen molar-refractivity contribution in [1.82, 2.24) is 0 Å². The van der Waals surface area contributed by atoms with E-state index in [9.17, 15) is 9.90 Å². The van der Waals surface area contributed by atoms with Gasteiger partial charge in [0, 0.05) is 6.42 Å². The quantitative estimate of drug-likeness (QED) is 0.865. The SMILES string of the molecule is CCC(C)(O)C(=O)Cc1ccc2c(c1)CCC2. The largest absolute Gasteiger partial charge is 0.382 e. The Labute approximate surface area is 103 Å². The summed E-state index contributed by atoms with van der Waals surface area (Å²) in [6.07, 6.45) is 4.32. The molecule has 92 valence electrons. The summed E-state index contributed by atoms with van der Waals surface area (Å²) in [6.45, 7) is 3.43. The maximum atomic E-state index is 11.9. The second-order valence-corrected chi connectivity index (χ2v) is 5.18. The number of aryl methyl sites for hydroxylation is 2. The van der Waals surface area contributed by atoms with Crippen molar-refractivity contribution < 1.29 is 9.90 Å². The van der Waals surface area contributed by atoms with Crippen molar-refractivity contribution in [2.75, 3.05) is 0 Å². The molecular formula is C15H20O2. The number of fused-ring (bicyclic) bond motifs is 1. The van der Waals surface area contributed by atoms with E-state index in [0.29, 0.717) is 12.8 Å². The number of carbonyl (C=O) groups excluding carboxylic acids is 1. The highest BCUT2D eigenvalue weighted by Gasteiger charge is 2.27. The predicted octanol–water partition coefficient (Wildman–Crippen LogP) is 2.45. The maximum Gasteiger partial charge on any atom is 0.168 e. The molecule has 1 N–H and O–H groups in total. The number of hydrogen-bond acceptors (Lipinski definition) is 2. The summed E-state index contributed by atoms with van der Waals surface area (Å²) in [7, 11) is 0. The first-order chi connectivity index (χ1) is 8.03. The molecule has 0 bridgehead atoms. The van der Waals surface area contributed by atoms with Crippen molar-refractivity contribution in [2.45, 2.75) is 51.6 Å². The summed E-state index contributed by atoms with van der Waals surface area (Å²) in [5, 5.41) is 9.90. The number of Topliss-reactive ketones (excluding diaryl/α,β-unsaturated/α-hetero) is 1. The van der Waals surface area contributed by atoms with E-state index in [1.165, 1.54) is 17.5 Å². The lowest BCUT2D eigenvalue weighted by Gasteiger charge is -2.19. The summed E-state index contributed by atoms with van der Waals surface area (Å²) in [5.41, 5.74) is 2.65. The Morgan fingerprint density at radius 1 is 1.35 bits per heavy atom. The highest BCUT2D eigenvalue weighted by molar-refractivity contribution is 5.88. The molecule has 0 aromatic heterocycles. The monoisotopic (exact) mass is 232 g/mol. The predicted molar refractivity (Wildman–Crippen MR) is 68.1 cm³/mol. The van der Waals surface area contributed by atoms with Gasteiger partial charge in [-0.05, 0) is 49.3 Å². The van der Waals surface area contributed by atoms with E-state index in [2.05, 4.69) is 12.1 Å². The van der Waals surface area contributed by atoms with Gasteiger partial charge in [0.05, 0.1) is 0 Å². The first-order valence-corrected chi connectivity index (χ1v) is 6.39. The third-order valence-electron chi connectivity index (χ3n) is 3.82. The van der Waals surface area contributed by atoms with Crippen molar-refractivity contribution in [3.63, 3.8) is 0 Å². The molecule has 0 aliphatic heterocycles. The zero-order valence-corrected chi connectivity index (χ0v) is 10.6. The fourth-order valence-electron chi connectivity index (χ4n) is 2.31. The van der Waals surface area contributed by atoms with E-state index < -0.39 is 5.60 Å². The first kappa shape index (κ1) is 12.3. The van der Waals surface area contributed by atoms with Crippen molar-refractivity contribution in [1.29, 1.82) is 0 Å². The van der Waals surface area contributed by atoms with Gasteiger partial charge in [0.25, 0.3) is 0 Å². The van der Waals surface area contributed by atoms with E-state index in [-0.39, 0.29) is 5.78 Å². The average molecular weight is 232 g/mol. The molecule has 0 saturated carbocycles. The van der Waals surface area contributed by atoms with Gasteiger partial charge in [0.1, 0.15) is 5.60 Å². The fourth-order valence-corrected chi connectivity index (χ4v) is 2.31. The lowest BCUT2D eigenvalue weighted by Crippen LogP contribution is -2.35. The molecule has 17 heavy (non-hydrogen) atoms. The number of benzene rings is 1. The number of rotatable bonds is 4. The molecule has 0 amide bonds. The Bertz CT molecular complexity index is 433. The van der Waals surface area contributed by atoms with Crippen molar-refractivity contribution in [3.05, 3.63) is 34.9 Å². The minimum absolute atomic E-state index is 0.0852. The van der Waals surface area contributed by atoms with Gasteiger partial charge in [-0.3, -0.25) is 4.79 Å². The second-order valence-electron chi connectivity index (χ2n) is 5.18. The zero-order chi connectivity index (χ0) is 12.5. The molecule has 1 aliphatic rings. The fraction of sp³-hybridized carbons (Fsp3) is 0.533. The molecule has 2 nitrogen and oxygen atoms in total. The smallest absolute Gasteiger partial charge is 0.168 e. The molecule has 1 aliphatic carbocycles. The van der Waals surface area contributed by atoms with Crippen molar-refractivity contribution in [3.8, 4) is 0 Å². The standard InChI is InChI=1S/C15H20O2/c1-3-15(2,17)14(16)10-11-7-8-12-5-4-6-13(12)9-11/h7-9,17H,3-6,10H2,1-2H3. The summed E-state index contributed by atoms with van der Waals surface area (Å²) in [5.74, 6) is -0.0852. The summed E-state index contributed by atoms with van der Waals surface area (Å²) in [6, 6.07) is 6.28. The average Bonchev–Trinajstić information content (AvgIpc) is 2.76. The maximum absolute atomic E-state index is 11.9. The second kappa shape index (κ2) is 4.61. The van der Waals surface area contributed by atoms with E-state index in [4.69, 9.17) is 0 Å². The van der Waals surface area contributed by atoms with Crippen LogP contribution in [-0.4, -0.2) is 16.5 Å². The van der Waals surface area contributed by atoms with Gasteiger partial charge in [0.15, 0.2) is 5.78 Å². The molecule has 0 spiro atoms. The van der Waals surface area contributed by atoms with E-state index in [0.717, 1.165) is 18.4 Å². The van der Waals surface area contributed by atoms with Crippen molar-refractivity contribution in [2.24, 2.45) is 0 Å². The van der Waals surface area contributed by atoms with Gasteiger partial charge in [-0.1, -0.05) is 25.1 Å². The van der Waals surface area contributed by atoms with Crippen LogP contribution in [-0.2, 0) is 24.1 Å². The summed E-state index contributed by atoms with van der Waals surface area (Å²) < 4.78 is 0. The number of aliphatic hydroxyl groups is 1. The third kappa shape index (κ3) is 2.58. The molecule has 1 aromatic carbocycles. The van der Waals surface area contributed by atoms with Crippen LogP contribution in [0.2, 0.25) is 0 Å². The molecule has 2 rings (SSSR count). The molecule has 2 heteroatoms. The number of ketones is 1. The number of hydrogen-bond donors (Lipinski definition) is 1. The molecular weight excluding hydrogens is 212 g/mol. The van der Waals surface area contributed by atoms with Gasteiger partial charge in [0.2, 0.25) is 0 Å². The molecule has 1 unspecified atom stereocenters. The third-order valence-corrected chi connectivity index (χ3v) is 3.82. The molecule has 1 atom stereocenters. The Kier molecular flexibility index (Phi) is 3.34. The Hall–Kier alpha value is -1.15. The van der Waals surface area contributed by atoms with Gasteiger partial charge >= 0.3 is 0 Å². The molecule has 1 aromatic rings. The minimum atomic E-state index is -1.18. The van der Waals surface area contributed by atoms with Crippen LogP contribution in [0.3, 0.4) is 0 Å². The molecule has 0 radical (unpaired) electrons. The van der Waals surface area contributed by atoms with Crippen LogP contribution in [0.15, 0.2) is 18.2 Å². The summed E-state index contributed by atoms with van der Waals surface area (Å²) in [4.78, 5) is 11.9. The van der Waals surface area contributed by atoms with Crippen LogP contribution < -0.4 is 0 Å². The molecule has 0 saturated heterocycles. The Morgan fingerprint density at radius 2 is 2.06 bits per heavy atom. The first-order valence-electron chi connectivity index (χ1n) is 6.39. The van der Waals surface area contributed by atoms with Crippen LogP contribution >= 0.6 is 0 Å². The van der Waals surface area contributed by atoms with E-state index in [1.54, 1.807) is 6.92 Å². The Balaban J connectivity index is 2.12. The lowest BCUT2D eigenvalue weighted by molar-refractivity contribution is -0.135. The van der Waals surface area contributed by atoms with E-state index >= 15 is 0 Å². The minimum Gasteiger partial charge on any atom is -0.382 e. The normalized spacial score (nSPS) is 17.6. The zero-order valence-electron chi connectivity index (χ0n) is 10.6. The van der Waals surface area contributed by atoms with Crippen LogP contribution in [0.4, 0.5) is 0 Å². The van der Waals surface area contributed by atoms with Crippen LogP contribution in [0.1, 0.15) is 43.4 Å². The molecule has 0 fully saturated rings. The number of carbonyl (C=O) groups is 1. The van der Waals surface area contributed by atoms with Gasteiger partial charge in [-0.25, -0.2) is 0 Å². The topological polar surface area (TPSA) is 37.3 Å². The van der Waals surface area contributed by atoms with Crippen LogP contribution in [0.25, 0.3) is 0 Å². The van der Waals surface area contributed by atoms with Gasteiger partial charge in [-0.15, -0.1) is 0 Å². The highest BCUT2D eigenvalue weighted by atomic mass is 16.3. The molecule has 0 heterocycles. The van der Waals surface area contributed by atoms with Gasteiger partial charge < -0.3 is 5.11 Å². The van der Waals surface area contributed by atoms with Crippen LogP contribution in [0.5, 0.6) is 0 Å². The lowest BCUT2D eigenvalue weighted by atomic mass is 9.92. The highest BCUT2D eigenvalue weighted by Crippen LogP contribution is 2.24. The van der Waals surface area contributed by atoms with Gasteiger partial charge in [-0.2, -0.15) is 0 Å². The summed E-state index contributed by atoms with van der Waals surface area (Å²) >= 11 is 0.